The minimum Gasteiger partial charge on any atom is -0.368 e. The van der Waals surface area contributed by atoms with Crippen molar-refractivity contribution >= 4 is 34.6 Å². The summed E-state index contributed by atoms with van der Waals surface area (Å²) < 4.78 is 1.67. The van der Waals surface area contributed by atoms with E-state index in [2.05, 4.69) is 46.4 Å². The van der Waals surface area contributed by atoms with Gasteiger partial charge in [-0.25, -0.2) is 14.5 Å². The highest BCUT2D eigenvalue weighted by atomic mass is 32.1. The summed E-state index contributed by atoms with van der Waals surface area (Å²) in [5, 5.41) is 12.3. The molecule has 2 amide bonds. The lowest BCUT2D eigenvalue weighted by atomic mass is 10.1. The summed E-state index contributed by atoms with van der Waals surface area (Å²) in [7, 11) is 0. The number of amides is 2. The number of fused-ring (bicyclic) bond motifs is 1. The van der Waals surface area contributed by atoms with Crippen LogP contribution in [-0.4, -0.2) is 68.5 Å². The topological polar surface area (TPSA) is 131 Å². The van der Waals surface area contributed by atoms with Gasteiger partial charge in [-0.15, -0.1) is 11.3 Å². The Kier molecular flexibility index (Phi) is 7.91. The summed E-state index contributed by atoms with van der Waals surface area (Å²) >= 11 is 1.60. The molecule has 0 radical (unpaired) electrons. The van der Waals surface area contributed by atoms with Crippen LogP contribution in [0.5, 0.6) is 0 Å². The lowest BCUT2D eigenvalue weighted by molar-refractivity contribution is -0.116. The lowest BCUT2D eigenvalue weighted by Crippen LogP contribution is -2.42. The molecule has 4 aromatic rings. The van der Waals surface area contributed by atoms with Crippen molar-refractivity contribution in [2.24, 2.45) is 5.73 Å². The minimum atomic E-state index is -0.528. The van der Waals surface area contributed by atoms with Crippen LogP contribution < -0.4 is 16.4 Å². The summed E-state index contributed by atoms with van der Waals surface area (Å²) in [4.78, 5) is 37.2. The van der Waals surface area contributed by atoms with Gasteiger partial charge >= 0.3 is 0 Å². The molecule has 0 aromatic carbocycles. The van der Waals surface area contributed by atoms with Crippen LogP contribution in [0.3, 0.4) is 0 Å². The van der Waals surface area contributed by atoms with Crippen LogP contribution in [0, 0.1) is 0 Å². The third kappa shape index (κ3) is 5.69. The van der Waals surface area contributed by atoms with Crippen LogP contribution in [0.15, 0.2) is 48.1 Å². The van der Waals surface area contributed by atoms with Gasteiger partial charge in [0.1, 0.15) is 5.82 Å². The molecule has 10 nitrogen and oxygen atoms in total. The highest BCUT2D eigenvalue weighted by Crippen LogP contribution is 2.28. The van der Waals surface area contributed by atoms with Gasteiger partial charge in [0, 0.05) is 24.3 Å². The number of anilines is 1. The quantitative estimate of drug-likeness (QED) is 0.285. The first-order chi connectivity index (χ1) is 17.4. The van der Waals surface area contributed by atoms with Crippen LogP contribution in [0.2, 0.25) is 0 Å². The van der Waals surface area contributed by atoms with Gasteiger partial charge in [-0.2, -0.15) is 5.10 Å². The van der Waals surface area contributed by atoms with Gasteiger partial charge in [-0.05, 0) is 49.7 Å². The predicted molar refractivity (Wildman–Crippen MR) is 142 cm³/mol. The zero-order valence-electron chi connectivity index (χ0n) is 20.6. The summed E-state index contributed by atoms with van der Waals surface area (Å²) in [6, 6.07) is 9.41. The molecule has 0 aliphatic rings. The van der Waals surface area contributed by atoms with Gasteiger partial charge in [0.05, 0.1) is 34.6 Å². The zero-order chi connectivity index (χ0) is 25.7. The second kappa shape index (κ2) is 11.3. The molecule has 11 heteroatoms. The van der Waals surface area contributed by atoms with E-state index in [1.165, 1.54) is 0 Å². The largest absolute Gasteiger partial charge is 0.368 e. The Balaban J connectivity index is 1.68. The number of likely N-dealkylation sites (N-methyl/N-ethyl adjacent to an activating group) is 1. The smallest absolute Gasteiger partial charge is 0.251 e. The molecule has 0 bridgehead atoms. The highest BCUT2D eigenvalue weighted by Gasteiger charge is 2.18. The van der Waals surface area contributed by atoms with Crippen molar-refractivity contribution in [1.82, 2.24) is 29.8 Å². The number of nitrogens with one attached hydrogen (secondary N) is 2. The fraction of sp³-hybridized carbons (Fsp3) is 0.320. The van der Waals surface area contributed by atoms with Gasteiger partial charge in [-0.1, -0.05) is 19.9 Å². The number of carbonyl (C=O) groups is 2. The summed E-state index contributed by atoms with van der Waals surface area (Å²) in [6.07, 6.45) is 3.52. The van der Waals surface area contributed by atoms with Crippen LogP contribution in [0.4, 0.5) is 5.82 Å². The van der Waals surface area contributed by atoms with Crippen molar-refractivity contribution in [3.05, 3.63) is 53.7 Å². The molecule has 0 unspecified atom stereocenters. The Bertz CT molecular complexity index is 1350. The molecule has 0 saturated heterocycles. The Morgan fingerprint density at radius 1 is 1.17 bits per heavy atom. The lowest BCUT2D eigenvalue weighted by Gasteiger charge is -2.26. The zero-order valence-corrected chi connectivity index (χ0v) is 21.4. The number of thiophene rings is 1. The van der Waals surface area contributed by atoms with Crippen molar-refractivity contribution in [3.63, 3.8) is 0 Å². The number of carbonyl (C=O) groups excluding carboxylic acids is 2. The van der Waals surface area contributed by atoms with E-state index < -0.39 is 5.91 Å². The first-order valence-corrected chi connectivity index (χ1v) is 12.7. The Morgan fingerprint density at radius 2 is 1.97 bits per heavy atom. The predicted octanol–water partition coefficient (Wildman–Crippen LogP) is 2.88. The molecule has 0 saturated carbocycles. The Labute approximate surface area is 213 Å². The second-order valence-electron chi connectivity index (χ2n) is 8.34. The van der Waals surface area contributed by atoms with E-state index in [1.807, 2.05) is 29.8 Å². The van der Waals surface area contributed by atoms with E-state index >= 15 is 0 Å². The molecule has 36 heavy (non-hydrogen) atoms. The number of nitrogens with two attached hydrogens (primary N) is 1. The van der Waals surface area contributed by atoms with Crippen LogP contribution in [0.25, 0.3) is 27.5 Å². The minimum absolute atomic E-state index is 0.105. The van der Waals surface area contributed by atoms with Crippen LogP contribution in [-0.2, 0) is 4.79 Å². The maximum absolute atomic E-state index is 13.1. The van der Waals surface area contributed by atoms with Crippen LogP contribution in [0.1, 0.15) is 31.1 Å². The molecule has 0 aliphatic heterocycles. The number of pyridine rings is 1. The summed E-state index contributed by atoms with van der Waals surface area (Å²) in [5.41, 5.74) is 8.34. The summed E-state index contributed by atoms with van der Waals surface area (Å²) in [5.74, 6) is -0.398. The van der Waals surface area contributed by atoms with Crippen molar-refractivity contribution in [2.75, 3.05) is 31.5 Å². The first kappa shape index (κ1) is 25.3. The number of primary amides is 1. The summed E-state index contributed by atoms with van der Waals surface area (Å²) in [6.45, 7) is 8.49. The molecule has 4 heterocycles. The number of nitrogens with zero attached hydrogens (tertiary/aromatic N) is 5. The molecule has 4 N–H and O–H groups in total. The van der Waals surface area contributed by atoms with Gasteiger partial charge in [0.2, 0.25) is 5.91 Å². The van der Waals surface area contributed by atoms with Crippen molar-refractivity contribution in [1.29, 1.82) is 0 Å². The fourth-order valence-electron chi connectivity index (χ4n) is 4.00. The SMILES string of the molecule is CCN(CC)[C@@H](C)CNC(=O)c1cc(NCC(N)=O)nc(-c2cnn3ccc(-c4cccs4)nc23)c1. The number of hydrogen-bond acceptors (Lipinski definition) is 8. The highest BCUT2D eigenvalue weighted by molar-refractivity contribution is 7.13. The van der Waals surface area contributed by atoms with E-state index in [0.29, 0.717) is 34.8 Å². The molecule has 4 rings (SSSR count). The fourth-order valence-corrected chi connectivity index (χ4v) is 4.69. The van der Waals surface area contributed by atoms with Gasteiger partial charge in [-0.3, -0.25) is 14.5 Å². The first-order valence-electron chi connectivity index (χ1n) is 11.8. The van der Waals surface area contributed by atoms with E-state index in [1.54, 1.807) is 34.2 Å². The van der Waals surface area contributed by atoms with Crippen molar-refractivity contribution < 1.29 is 9.59 Å². The molecule has 0 spiro atoms. The van der Waals surface area contributed by atoms with E-state index in [0.717, 1.165) is 23.7 Å². The van der Waals surface area contributed by atoms with Gasteiger partial charge < -0.3 is 16.4 Å². The van der Waals surface area contributed by atoms with E-state index in [4.69, 9.17) is 10.7 Å². The average molecular weight is 507 g/mol. The third-order valence-corrected chi connectivity index (χ3v) is 6.84. The number of aromatic nitrogens is 4. The number of hydrogen-bond donors (Lipinski definition) is 3. The van der Waals surface area contributed by atoms with Crippen molar-refractivity contribution in [2.45, 2.75) is 26.8 Å². The Hall–Kier alpha value is -3.83. The molecule has 1 atom stereocenters. The monoisotopic (exact) mass is 506 g/mol. The van der Waals surface area contributed by atoms with Crippen molar-refractivity contribution in [3.8, 4) is 21.8 Å². The molecular weight excluding hydrogens is 476 g/mol. The van der Waals surface area contributed by atoms with Crippen LogP contribution >= 0.6 is 11.3 Å². The standard InChI is InChI=1S/C25H30N8O2S/c1-4-32(5-2)16(3)13-28-25(35)17-11-20(30-23(12-17)27-15-22(26)34)18-14-29-33-9-8-19(31-24(18)33)21-7-6-10-36-21/h6-12,14,16H,4-5,13,15H2,1-3H3,(H2,26,34)(H,27,30)(H,28,35)/t16-/m0/s1. The molecular formula is C25H30N8O2S. The second-order valence-corrected chi connectivity index (χ2v) is 9.29. The maximum atomic E-state index is 13.1. The Morgan fingerprint density at radius 3 is 2.67 bits per heavy atom. The average Bonchev–Trinajstić information content (AvgIpc) is 3.56. The van der Waals surface area contributed by atoms with Gasteiger partial charge in [0.25, 0.3) is 5.91 Å². The van der Waals surface area contributed by atoms with E-state index in [9.17, 15) is 9.59 Å². The third-order valence-electron chi connectivity index (χ3n) is 5.94. The normalized spacial score (nSPS) is 12.1. The molecule has 4 aromatic heterocycles. The number of rotatable bonds is 11. The maximum Gasteiger partial charge on any atom is 0.251 e. The molecule has 0 fully saturated rings. The molecule has 188 valence electrons. The molecule has 0 aliphatic carbocycles. The van der Waals surface area contributed by atoms with E-state index in [-0.39, 0.29) is 18.5 Å². The van der Waals surface area contributed by atoms with Gasteiger partial charge in [0.15, 0.2) is 5.65 Å².